The Morgan fingerprint density at radius 1 is 1.14 bits per heavy atom. The van der Waals surface area contributed by atoms with Gasteiger partial charge in [-0.2, -0.15) is 0 Å². The molecule has 1 fully saturated rings. The van der Waals surface area contributed by atoms with E-state index in [0.29, 0.717) is 30.6 Å². The summed E-state index contributed by atoms with van der Waals surface area (Å²) in [5, 5.41) is 0. The molecule has 5 nitrogen and oxygen atoms in total. The lowest BCUT2D eigenvalue weighted by atomic mass is 9.87. The largest absolute Gasteiger partial charge is 0.495 e. The van der Waals surface area contributed by atoms with E-state index in [1.54, 1.807) is 24.4 Å². The van der Waals surface area contributed by atoms with Crippen molar-refractivity contribution in [3.63, 3.8) is 0 Å². The number of halogens is 3. The van der Waals surface area contributed by atoms with E-state index in [4.69, 9.17) is 4.74 Å². The van der Waals surface area contributed by atoms with Crippen LogP contribution in [0.5, 0.6) is 5.75 Å². The second kappa shape index (κ2) is 9.09. The van der Waals surface area contributed by atoms with Crippen LogP contribution in [0.2, 0.25) is 0 Å². The summed E-state index contributed by atoms with van der Waals surface area (Å²) in [6, 6.07) is 6.82. The van der Waals surface area contributed by atoms with E-state index < -0.39 is 23.5 Å². The normalized spacial score (nSPS) is 20.9. The van der Waals surface area contributed by atoms with Gasteiger partial charge in [0.2, 0.25) is 0 Å². The Labute approximate surface area is 201 Å². The van der Waals surface area contributed by atoms with Crippen LogP contribution in [-0.4, -0.2) is 33.5 Å². The van der Waals surface area contributed by atoms with Crippen molar-refractivity contribution in [3.8, 4) is 11.4 Å². The SMILES string of the molecule is COc1cc(/C=C2/CC[C@@H]3CC=CC(c4cc(F)c(F)c(F)c4)N3C2=O)ccc1-n1cnc(C)c1. The summed E-state index contributed by atoms with van der Waals surface area (Å²) in [5.74, 6) is -3.62. The lowest BCUT2D eigenvalue weighted by Gasteiger charge is -2.43. The van der Waals surface area contributed by atoms with Crippen LogP contribution < -0.4 is 4.74 Å². The van der Waals surface area contributed by atoms with Gasteiger partial charge < -0.3 is 14.2 Å². The molecule has 180 valence electrons. The number of nitrogens with zero attached hydrogens (tertiary/aromatic N) is 3. The van der Waals surface area contributed by atoms with E-state index in [1.807, 2.05) is 48.0 Å². The minimum atomic E-state index is -1.51. The maximum absolute atomic E-state index is 13.9. The molecule has 0 aliphatic carbocycles. The molecule has 0 bridgehead atoms. The molecule has 1 amide bonds. The number of aromatic nitrogens is 2. The molecule has 5 rings (SSSR count). The fourth-order valence-electron chi connectivity index (χ4n) is 4.84. The van der Waals surface area contributed by atoms with E-state index >= 15 is 0 Å². The number of hydrogen-bond acceptors (Lipinski definition) is 3. The number of carbonyl (C=O) groups excluding carboxylic acids is 1. The molecule has 1 saturated heterocycles. The van der Waals surface area contributed by atoms with Gasteiger partial charge in [0.25, 0.3) is 5.91 Å². The summed E-state index contributed by atoms with van der Waals surface area (Å²) in [6.07, 6.45) is 11.0. The number of aryl methyl sites for hydroxylation is 1. The fraction of sp³-hybridized carbons (Fsp3) is 0.259. The first-order chi connectivity index (χ1) is 16.9. The third-order valence-electron chi connectivity index (χ3n) is 6.56. The number of methoxy groups -OCH3 is 1. The second-order valence-electron chi connectivity index (χ2n) is 8.84. The van der Waals surface area contributed by atoms with Crippen molar-refractivity contribution >= 4 is 12.0 Å². The second-order valence-corrected chi connectivity index (χ2v) is 8.84. The summed E-state index contributed by atoms with van der Waals surface area (Å²) >= 11 is 0. The van der Waals surface area contributed by atoms with Crippen LogP contribution in [-0.2, 0) is 4.79 Å². The monoisotopic (exact) mass is 479 g/mol. The molecule has 0 N–H and O–H groups in total. The van der Waals surface area contributed by atoms with Crippen LogP contribution >= 0.6 is 0 Å². The van der Waals surface area contributed by atoms with E-state index in [2.05, 4.69) is 4.98 Å². The van der Waals surface area contributed by atoms with Crippen LogP contribution in [0.15, 0.2) is 60.6 Å². The first-order valence-electron chi connectivity index (χ1n) is 11.4. The predicted molar refractivity (Wildman–Crippen MR) is 126 cm³/mol. The summed E-state index contributed by atoms with van der Waals surface area (Å²) in [4.78, 5) is 19.5. The summed E-state index contributed by atoms with van der Waals surface area (Å²) < 4.78 is 48.8. The van der Waals surface area contributed by atoms with Gasteiger partial charge in [0.1, 0.15) is 5.75 Å². The molecule has 3 aromatic rings. The summed E-state index contributed by atoms with van der Waals surface area (Å²) in [6.45, 7) is 1.90. The predicted octanol–water partition coefficient (Wildman–Crippen LogP) is 5.68. The van der Waals surface area contributed by atoms with Gasteiger partial charge in [0.05, 0.1) is 30.9 Å². The molecule has 2 atom stereocenters. The topological polar surface area (TPSA) is 47.4 Å². The number of carbonyl (C=O) groups is 1. The first kappa shape index (κ1) is 23.0. The van der Waals surface area contributed by atoms with Crippen molar-refractivity contribution in [2.75, 3.05) is 7.11 Å². The highest BCUT2D eigenvalue weighted by Crippen LogP contribution is 2.38. The van der Waals surface area contributed by atoms with Crippen molar-refractivity contribution in [2.45, 2.75) is 38.3 Å². The Morgan fingerprint density at radius 3 is 2.60 bits per heavy atom. The van der Waals surface area contributed by atoms with Gasteiger partial charge in [0, 0.05) is 17.8 Å². The third-order valence-corrected chi connectivity index (χ3v) is 6.56. The van der Waals surface area contributed by atoms with Gasteiger partial charge in [-0.3, -0.25) is 4.79 Å². The molecular formula is C27H24F3N3O2. The van der Waals surface area contributed by atoms with Crippen LogP contribution in [0.4, 0.5) is 13.2 Å². The number of amides is 1. The zero-order chi connectivity index (χ0) is 24.7. The number of imidazole rings is 1. The molecule has 1 aromatic heterocycles. The third kappa shape index (κ3) is 4.24. The fourth-order valence-corrected chi connectivity index (χ4v) is 4.84. The van der Waals surface area contributed by atoms with Gasteiger partial charge >= 0.3 is 0 Å². The number of ether oxygens (including phenoxy) is 1. The smallest absolute Gasteiger partial charge is 0.250 e. The molecule has 3 heterocycles. The highest BCUT2D eigenvalue weighted by Gasteiger charge is 2.38. The van der Waals surface area contributed by atoms with Crippen molar-refractivity contribution < 1.29 is 22.7 Å². The Hall–Kier alpha value is -3.81. The highest BCUT2D eigenvalue weighted by atomic mass is 19.2. The molecule has 2 aliphatic rings. The molecule has 0 saturated carbocycles. The average Bonchev–Trinajstić information content (AvgIpc) is 3.29. The zero-order valence-electron chi connectivity index (χ0n) is 19.3. The number of piperidine rings is 1. The Kier molecular flexibility index (Phi) is 5.96. The summed E-state index contributed by atoms with van der Waals surface area (Å²) in [5.41, 5.74) is 3.31. The van der Waals surface area contributed by atoms with Crippen LogP contribution in [0.1, 0.15) is 42.1 Å². The molecule has 0 radical (unpaired) electrons. The zero-order valence-corrected chi connectivity index (χ0v) is 19.3. The number of rotatable bonds is 4. The molecule has 2 aromatic carbocycles. The van der Waals surface area contributed by atoms with E-state index in [1.165, 1.54) is 0 Å². The molecule has 2 aliphatic heterocycles. The lowest BCUT2D eigenvalue weighted by molar-refractivity contribution is -0.133. The Bertz CT molecular complexity index is 1340. The first-order valence-corrected chi connectivity index (χ1v) is 11.4. The maximum Gasteiger partial charge on any atom is 0.250 e. The highest BCUT2D eigenvalue weighted by molar-refractivity contribution is 5.99. The minimum Gasteiger partial charge on any atom is -0.495 e. The van der Waals surface area contributed by atoms with Gasteiger partial charge in [0.15, 0.2) is 17.5 Å². The van der Waals surface area contributed by atoms with E-state index in [0.717, 1.165) is 29.1 Å². The number of hydrogen-bond donors (Lipinski definition) is 0. The molecule has 0 spiro atoms. The Balaban J connectivity index is 1.47. The number of benzene rings is 2. The van der Waals surface area contributed by atoms with Crippen LogP contribution in [0.3, 0.4) is 0 Å². The van der Waals surface area contributed by atoms with Gasteiger partial charge in [-0.05, 0) is 67.7 Å². The standard InChI is InChI=1S/C27H24F3N3O2/c1-16-14-32(15-31-16)24-9-6-17(11-25(24)35-2)10-18-7-8-20-4-3-5-23(33(20)27(18)34)19-12-21(28)26(30)22(29)13-19/h3,5-6,9-15,20,23H,4,7-8H2,1-2H3/b18-10-/t20-,23?/m0/s1. The Morgan fingerprint density at radius 2 is 1.91 bits per heavy atom. The summed E-state index contributed by atoms with van der Waals surface area (Å²) in [7, 11) is 1.58. The van der Waals surface area contributed by atoms with Gasteiger partial charge in [-0.1, -0.05) is 18.2 Å². The quantitative estimate of drug-likeness (QED) is 0.275. The van der Waals surface area contributed by atoms with Crippen molar-refractivity contribution in [2.24, 2.45) is 0 Å². The van der Waals surface area contributed by atoms with Crippen molar-refractivity contribution in [3.05, 3.63) is 94.9 Å². The number of fused-ring (bicyclic) bond motifs is 1. The molecule has 8 heteroatoms. The van der Waals surface area contributed by atoms with E-state index in [9.17, 15) is 18.0 Å². The van der Waals surface area contributed by atoms with Crippen LogP contribution in [0, 0.1) is 24.4 Å². The lowest BCUT2D eigenvalue weighted by Crippen LogP contribution is -2.47. The molecular weight excluding hydrogens is 455 g/mol. The van der Waals surface area contributed by atoms with Crippen molar-refractivity contribution in [1.82, 2.24) is 14.5 Å². The van der Waals surface area contributed by atoms with E-state index in [-0.39, 0.29) is 17.5 Å². The maximum atomic E-state index is 13.9. The van der Waals surface area contributed by atoms with Gasteiger partial charge in [-0.15, -0.1) is 0 Å². The average molecular weight is 480 g/mol. The van der Waals surface area contributed by atoms with Crippen molar-refractivity contribution in [1.29, 1.82) is 0 Å². The molecule has 1 unspecified atom stereocenters. The van der Waals surface area contributed by atoms with Gasteiger partial charge in [-0.25, -0.2) is 18.2 Å². The minimum absolute atomic E-state index is 0.0905. The van der Waals surface area contributed by atoms with Crippen LogP contribution in [0.25, 0.3) is 11.8 Å². The molecule has 35 heavy (non-hydrogen) atoms.